The maximum Gasteiger partial charge on any atom is 0.413 e. The highest BCUT2D eigenvalue weighted by molar-refractivity contribution is 7.80. The quantitative estimate of drug-likeness (QED) is 0.458. The van der Waals surface area contributed by atoms with Gasteiger partial charge in [0.05, 0.1) is 13.2 Å². The van der Waals surface area contributed by atoms with Gasteiger partial charge in [-0.05, 0) is 24.4 Å². The van der Waals surface area contributed by atoms with Crippen molar-refractivity contribution >= 4 is 46.8 Å². The Kier molecular flexibility index (Phi) is 10.8. The van der Waals surface area contributed by atoms with Crippen LogP contribution in [-0.2, 0) is 18.9 Å². The van der Waals surface area contributed by atoms with Crippen molar-refractivity contribution in [2.24, 2.45) is 0 Å². The monoisotopic (exact) mass is 408 g/mol. The van der Waals surface area contributed by atoms with Crippen LogP contribution in [0.25, 0.3) is 0 Å². The molecule has 0 bridgehead atoms. The summed E-state index contributed by atoms with van der Waals surface area (Å²) in [6.45, 7) is 3.09. The topological polar surface area (TPSA) is 102 Å². The van der Waals surface area contributed by atoms with Crippen LogP contribution in [0.2, 0.25) is 0 Å². The lowest BCUT2D eigenvalue weighted by Gasteiger charge is -2.36. The molecular weight excluding hydrogens is 384 g/mol. The molecule has 0 aromatic rings. The molecule has 0 spiro atoms. The summed E-state index contributed by atoms with van der Waals surface area (Å²) in [5.74, 6) is 0. The summed E-state index contributed by atoms with van der Waals surface area (Å²) in [7, 11) is 3.04. The van der Waals surface area contributed by atoms with Gasteiger partial charge in [-0.2, -0.15) is 0 Å². The number of alkyl carbamates (subject to hydrolysis) is 2. The number of rotatable bonds is 6. The molecule has 26 heavy (non-hydrogen) atoms. The normalized spacial score (nSPS) is 13.8. The average molecular weight is 409 g/mol. The maximum atomic E-state index is 11.6. The van der Waals surface area contributed by atoms with E-state index in [1.54, 1.807) is 0 Å². The van der Waals surface area contributed by atoms with E-state index >= 15 is 0 Å². The molecule has 2 N–H and O–H groups in total. The zero-order valence-electron chi connectivity index (χ0n) is 14.8. The Bertz CT molecular complexity index is 456. The van der Waals surface area contributed by atoms with Crippen LogP contribution in [0, 0.1) is 0 Å². The van der Waals surface area contributed by atoms with E-state index in [9.17, 15) is 9.59 Å². The van der Waals surface area contributed by atoms with Gasteiger partial charge < -0.3 is 28.7 Å². The molecule has 1 rings (SSSR count). The van der Waals surface area contributed by atoms with Gasteiger partial charge >= 0.3 is 12.2 Å². The van der Waals surface area contributed by atoms with Crippen molar-refractivity contribution in [3.8, 4) is 0 Å². The number of ether oxygens (including phenoxy) is 4. The van der Waals surface area contributed by atoms with Crippen molar-refractivity contribution in [3.63, 3.8) is 0 Å². The van der Waals surface area contributed by atoms with Crippen molar-refractivity contribution in [1.82, 2.24) is 20.4 Å². The number of methoxy groups -OCH3 is 2. The third-order valence-electron chi connectivity index (χ3n) is 3.31. The first-order valence-corrected chi connectivity index (χ1v) is 8.72. The van der Waals surface area contributed by atoms with Gasteiger partial charge in [0, 0.05) is 40.4 Å². The number of carbonyl (C=O) groups is 2. The fourth-order valence-electron chi connectivity index (χ4n) is 1.95. The first-order chi connectivity index (χ1) is 12.5. The van der Waals surface area contributed by atoms with E-state index in [4.69, 9.17) is 43.4 Å². The maximum absolute atomic E-state index is 11.6. The number of hydrogen-bond acceptors (Lipinski definition) is 8. The highest BCUT2D eigenvalue weighted by Crippen LogP contribution is 2.03. The van der Waals surface area contributed by atoms with E-state index in [-0.39, 0.29) is 23.4 Å². The number of amides is 2. The lowest BCUT2D eigenvalue weighted by atomic mass is 10.3. The molecule has 1 heterocycles. The largest absolute Gasteiger partial charge is 0.447 e. The van der Waals surface area contributed by atoms with Gasteiger partial charge in [0.25, 0.3) is 0 Å². The van der Waals surface area contributed by atoms with Crippen LogP contribution in [0.3, 0.4) is 0 Å². The average Bonchev–Trinajstić information content (AvgIpc) is 2.62. The second-order valence-corrected chi connectivity index (χ2v) is 5.87. The molecule has 1 aliphatic heterocycles. The number of carbonyl (C=O) groups excluding carboxylic acids is 2. The van der Waals surface area contributed by atoms with Crippen LogP contribution in [0.1, 0.15) is 0 Å². The Morgan fingerprint density at radius 3 is 1.42 bits per heavy atom. The fourth-order valence-corrected chi connectivity index (χ4v) is 2.48. The van der Waals surface area contributed by atoms with Crippen LogP contribution in [0.5, 0.6) is 0 Å². The molecule has 0 atom stereocenters. The van der Waals surface area contributed by atoms with Crippen molar-refractivity contribution in [1.29, 1.82) is 0 Å². The molecule has 0 saturated carbocycles. The van der Waals surface area contributed by atoms with E-state index < -0.39 is 12.2 Å². The molecule has 0 aromatic heterocycles. The van der Waals surface area contributed by atoms with Crippen LogP contribution in [-0.4, -0.2) is 99.0 Å². The Labute approximate surface area is 163 Å². The van der Waals surface area contributed by atoms with E-state index in [2.05, 4.69) is 10.6 Å². The van der Waals surface area contributed by atoms with Crippen LogP contribution >= 0.6 is 24.4 Å². The zero-order chi connectivity index (χ0) is 19.4. The van der Waals surface area contributed by atoms with Crippen molar-refractivity contribution in [2.45, 2.75) is 0 Å². The van der Waals surface area contributed by atoms with Crippen LogP contribution in [0.15, 0.2) is 0 Å². The summed E-state index contributed by atoms with van der Waals surface area (Å²) in [4.78, 5) is 26.8. The molecular formula is C14H24N4O6S2. The molecule has 1 saturated heterocycles. The minimum absolute atomic E-state index is 0.152. The van der Waals surface area contributed by atoms with Crippen molar-refractivity contribution < 1.29 is 28.5 Å². The molecule has 0 aromatic carbocycles. The number of thiocarbonyl (C=S) groups is 2. The molecule has 0 unspecified atom stereocenters. The second kappa shape index (κ2) is 12.6. The Morgan fingerprint density at radius 1 is 0.769 bits per heavy atom. The fraction of sp³-hybridized carbons (Fsp3) is 0.714. The van der Waals surface area contributed by atoms with Gasteiger partial charge in [-0.15, -0.1) is 0 Å². The van der Waals surface area contributed by atoms with Gasteiger partial charge in [0.2, 0.25) is 0 Å². The number of hydrogen-bond donors (Lipinski definition) is 2. The SMILES string of the molecule is COCCOC(=O)NC(=S)N1CCN(C(=S)NC(=O)OCCOC)CC1. The molecule has 12 heteroatoms. The molecule has 0 aliphatic carbocycles. The summed E-state index contributed by atoms with van der Waals surface area (Å²) in [6, 6.07) is 0. The number of nitrogens with one attached hydrogen (secondary N) is 2. The predicted octanol–water partition coefficient (Wildman–Crippen LogP) is -0.0810. The van der Waals surface area contributed by atoms with Gasteiger partial charge in [0.1, 0.15) is 13.2 Å². The number of piperazine rings is 1. The molecule has 0 radical (unpaired) electrons. The lowest BCUT2D eigenvalue weighted by molar-refractivity contribution is 0.100. The lowest BCUT2D eigenvalue weighted by Crippen LogP contribution is -2.56. The minimum Gasteiger partial charge on any atom is -0.447 e. The highest BCUT2D eigenvalue weighted by Gasteiger charge is 2.22. The van der Waals surface area contributed by atoms with Crippen LogP contribution in [0.4, 0.5) is 9.59 Å². The summed E-state index contributed by atoms with van der Waals surface area (Å²) in [5.41, 5.74) is 0. The molecule has 148 valence electrons. The molecule has 1 aliphatic rings. The Balaban J connectivity index is 2.28. The Hall–Kier alpha value is -1.76. The predicted molar refractivity (Wildman–Crippen MR) is 101 cm³/mol. The van der Waals surface area contributed by atoms with Crippen LogP contribution < -0.4 is 10.6 Å². The van der Waals surface area contributed by atoms with Gasteiger partial charge in [-0.1, -0.05) is 0 Å². The van der Waals surface area contributed by atoms with Gasteiger partial charge in [-0.25, -0.2) is 9.59 Å². The standard InChI is InChI=1S/C14H24N4O6S2/c1-21-7-9-23-13(19)15-11(25)17-3-5-18(6-4-17)12(26)16-14(20)24-10-8-22-2/h3-10H2,1-2H3,(H,15,19,25)(H,16,20,26). The summed E-state index contributed by atoms with van der Waals surface area (Å²) in [5, 5.41) is 5.57. The van der Waals surface area contributed by atoms with E-state index in [0.717, 1.165) is 0 Å². The third-order valence-corrected chi connectivity index (χ3v) is 4.03. The minimum atomic E-state index is -0.620. The van der Waals surface area contributed by atoms with Gasteiger partial charge in [0.15, 0.2) is 10.2 Å². The Morgan fingerprint density at radius 2 is 1.12 bits per heavy atom. The summed E-state index contributed by atoms with van der Waals surface area (Å²) in [6.07, 6.45) is -1.24. The third kappa shape index (κ3) is 8.56. The molecule has 2 amide bonds. The first-order valence-electron chi connectivity index (χ1n) is 7.91. The molecule has 1 fully saturated rings. The smallest absolute Gasteiger partial charge is 0.413 e. The summed E-state index contributed by atoms with van der Waals surface area (Å²) < 4.78 is 19.4. The van der Waals surface area contributed by atoms with E-state index in [1.807, 2.05) is 9.80 Å². The molecule has 10 nitrogen and oxygen atoms in total. The number of nitrogens with zero attached hydrogens (tertiary/aromatic N) is 2. The zero-order valence-corrected chi connectivity index (χ0v) is 16.5. The first kappa shape index (κ1) is 22.3. The highest BCUT2D eigenvalue weighted by atomic mass is 32.1. The van der Waals surface area contributed by atoms with E-state index in [0.29, 0.717) is 39.4 Å². The summed E-state index contributed by atoms with van der Waals surface area (Å²) >= 11 is 10.4. The van der Waals surface area contributed by atoms with Gasteiger partial charge in [-0.3, -0.25) is 10.6 Å². The van der Waals surface area contributed by atoms with E-state index in [1.165, 1.54) is 14.2 Å². The van der Waals surface area contributed by atoms with Crippen molar-refractivity contribution in [3.05, 3.63) is 0 Å². The van der Waals surface area contributed by atoms with Crippen molar-refractivity contribution in [2.75, 3.05) is 66.8 Å². The second-order valence-electron chi connectivity index (χ2n) is 5.09.